The minimum Gasteiger partial charge on any atom is -0.453 e. The quantitative estimate of drug-likeness (QED) is 0.421. The zero-order valence-electron chi connectivity index (χ0n) is 17.1. The van der Waals surface area contributed by atoms with E-state index in [1.807, 2.05) is 20.8 Å². The molecule has 0 radical (unpaired) electrons. The first kappa shape index (κ1) is 22.1. The molecule has 0 bridgehead atoms. The van der Waals surface area contributed by atoms with Crippen LogP contribution in [0.3, 0.4) is 0 Å². The molecular weight excluding hydrogens is 425 g/mol. The van der Waals surface area contributed by atoms with Crippen molar-refractivity contribution >= 4 is 50.4 Å². The summed E-state index contributed by atoms with van der Waals surface area (Å²) in [5, 5.41) is 3.24. The van der Waals surface area contributed by atoms with E-state index >= 15 is 0 Å². The van der Waals surface area contributed by atoms with Crippen LogP contribution in [-0.4, -0.2) is 24.3 Å². The van der Waals surface area contributed by atoms with Crippen molar-refractivity contribution in [2.75, 3.05) is 6.61 Å². The van der Waals surface area contributed by atoms with Gasteiger partial charge in [0.1, 0.15) is 10.7 Å². The number of ether oxygens (including phenoxy) is 1. The molecule has 5 nitrogen and oxygen atoms in total. The number of nitrogens with one attached hydrogen (secondary N) is 1. The number of aryl methyl sites for hydroxylation is 1. The fourth-order valence-corrected chi connectivity index (χ4v) is 4.76. The second-order valence-corrected chi connectivity index (χ2v) is 10.1. The third-order valence-electron chi connectivity index (χ3n) is 4.46. The number of carbonyl (C=O) groups is 3. The first-order valence-corrected chi connectivity index (χ1v) is 11.0. The summed E-state index contributed by atoms with van der Waals surface area (Å²) in [5.41, 5.74) is 0.0242. The Hall–Kier alpha value is -2.58. The average molecular weight is 448 g/mol. The maximum Gasteiger partial charge on any atom is 0.349 e. The number of amides is 1. The third-order valence-corrected chi connectivity index (χ3v) is 6.83. The van der Waals surface area contributed by atoms with Crippen LogP contribution in [0.2, 0.25) is 0 Å². The highest BCUT2D eigenvalue weighted by Gasteiger charge is 2.22. The van der Waals surface area contributed by atoms with Crippen molar-refractivity contribution in [1.29, 1.82) is 0 Å². The van der Waals surface area contributed by atoms with Gasteiger partial charge < -0.3 is 10.1 Å². The molecule has 0 unspecified atom stereocenters. The van der Waals surface area contributed by atoms with Gasteiger partial charge in [0.15, 0.2) is 6.61 Å². The van der Waals surface area contributed by atoms with Crippen LogP contribution in [0.4, 0.5) is 4.39 Å². The number of ketones is 1. The number of esters is 1. The van der Waals surface area contributed by atoms with Crippen LogP contribution in [0.5, 0.6) is 0 Å². The molecule has 0 spiro atoms. The van der Waals surface area contributed by atoms with Gasteiger partial charge in [0, 0.05) is 20.4 Å². The van der Waals surface area contributed by atoms with Crippen molar-refractivity contribution in [1.82, 2.24) is 5.32 Å². The van der Waals surface area contributed by atoms with E-state index in [4.69, 9.17) is 4.74 Å². The molecule has 158 valence electrons. The Balaban J connectivity index is 1.60. The number of halogens is 1. The number of benzene rings is 1. The summed E-state index contributed by atoms with van der Waals surface area (Å²) >= 11 is 2.39. The minimum absolute atomic E-state index is 0.0761. The largest absolute Gasteiger partial charge is 0.453 e. The molecule has 1 N–H and O–H groups in total. The van der Waals surface area contributed by atoms with Gasteiger partial charge in [0.2, 0.25) is 11.7 Å². The highest BCUT2D eigenvalue weighted by atomic mass is 32.1. The van der Waals surface area contributed by atoms with Gasteiger partial charge in [0.05, 0.1) is 11.4 Å². The zero-order valence-corrected chi connectivity index (χ0v) is 18.8. The SMILES string of the molecule is Cc1c(C(=O)OCC(=O)c2ccc(CNC(=O)C(C)(C)C)s2)sc2cccc(F)c12. The standard InChI is InChI=1S/C22H22FNO4S2/c1-12-18-14(23)6-5-7-17(18)30-19(12)20(26)28-11-15(25)16-9-8-13(29-16)10-24-21(27)22(2,3)4/h5-9H,10-11H2,1-4H3,(H,24,27). The molecule has 3 aromatic rings. The Bertz CT molecular complexity index is 1120. The van der Waals surface area contributed by atoms with E-state index in [0.29, 0.717) is 31.9 Å². The molecule has 0 aliphatic rings. The highest BCUT2D eigenvalue weighted by molar-refractivity contribution is 7.21. The van der Waals surface area contributed by atoms with Crippen LogP contribution in [0.25, 0.3) is 10.1 Å². The van der Waals surface area contributed by atoms with Gasteiger partial charge in [0.25, 0.3) is 0 Å². The second kappa shape index (κ2) is 8.65. The molecular formula is C22H22FNO4S2. The predicted octanol–water partition coefficient (Wildman–Crippen LogP) is 5.11. The molecule has 2 heterocycles. The lowest BCUT2D eigenvalue weighted by atomic mass is 9.96. The van der Waals surface area contributed by atoms with Gasteiger partial charge in [-0.3, -0.25) is 9.59 Å². The number of Topliss-reactive ketones (excluding diaryl/α,β-unsaturated/α-hetero) is 1. The number of carbonyl (C=O) groups excluding carboxylic acids is 3. The Morgan fingerprint density at radius 2 is 1.83 bits per heavy atom. The zero-order chi connectivity index (χ0) is 22.1. The lowest BCUT2D eigenvalue weighted by Gasteiger charge is -2.17. The van der Waals surface area contributed by atoms with Crippen molar-refractivity contribution in [3.63, 3.8) is 0 Å². The summed E-state index contributed by atoms with van der Waals surface area (Å²) in [4.78, 5) is 38.3. The topological polar surface area (TPSA) is 72.5 Å². The molecule has 3 rings (SSSR count). The summed E-state index contributed by atoms with van der Waals surface area (Å²) in [7, 11) is 0. The van der Waals surface area contributed by atoms with Crippen LogP contribution >= 0.6 is 22.7 Å². The molecule has 1 aromatic carbocycles. The van der Waals surface area contributed by atoms with E-state index in [-0.39, 0.29) is 17.5 Å². The number of fused-ring (bicyclic) bond motifs is 1. The molecule has 0 saturated heterocycles. The molecule has 8 heteroatoms. The van der Waals surface area contributed by atoms with Crippen LogP contribution in [0.1, 0.15) is 50.6 Å². The molecule has 0 atom stereocenters. The molecule has 0 saturated carbocycles. The van der Waals surface area contributed by atoms with E-state index in [2.05, 4.69) is 5.32 Å². The summed E-state index contributed by atoms with van der Waals surface area (Å²) in [5.74, 6) is -1.43. The maximum atomic E-state index is 14.0. The molecule has 0 fully saturated rings. The molecule has 0 aliphatic heterocycles. The average Bonchev–Trinajstić information content (AvgIpc) is 3.28. The van der Waals surface area contributed by atoms with E-state index in [1.54, 1.807) is 31.2 Å². The van der Waals surface area contributed by atoms with Crippen LogP contribution < -0.4 is 5.32 Å². The van der Waals surface area contributed by atoms with Gasteiger partial charge in [-0.15, -0.1) is 22.7 Å². The Kier molecular flexibility index (Phi) is 6.38. The third kappa shape index (κ3) is 4.76. The molecule has 0 aliphatic carbocycles. The smallest absolute Gasteiger partial charge is 0.349 e. The molecule has 2 aromatic heterocycles. The first-order chi connectivity index (χ1) is 14.1. The first-order valence-electron chi connectivity index (χ1n) is 9.33. The Labute approximate surface area is 181 Å². The van der Waals surface area contributed by atoms with Gasteiger partial charge in [-0.2, -0.15) is 0 Å². The Morgan fingerprint density at radius 1 is 1.10 bits per heavy atom. The lowest BCUT2D eigenvalue weighted by Crippen LogP contribution is -2.34. The van der Waals surface area contributed by atoms with E-state index in [9.17, 15) is 18.8 Å². The Morgan fingerprint density at radius 3 is 2.50 bits per heavy atom. The molecule has 1 amide bonds. The van der Waals surface area contributed by atoms with Crippen LogP contribution in [0, 0.1) is 18.2 Å². The number of thiophene rings is 2. The van der Waals surface area contributed by atoms with Crippen molar-refractivity contribution < 1.29 is 23.5 Å². The van der Waals surface area contributed by atoms with Crippen molar-refractivity contribution in [2.24, 2.45) is 5.41 Å². The summed E-state index contributed by atoms with van der Waals surface area (Å²) in [6.07, 6.45) is 0. The van der Waals surface area contributed by atoms with Gasteiger partial charge in [-0.05, 0) is 36.8 Å². The fraction of sp³-hybridized carbons (Fsp3) is 0.318. The predicted molar refractivity (Wildman–Crippen MR) is 117 cm³/mol. The normalized spacial score (nSPS) is 11.5. The number of hydrogen-bond donors (Lipinski definition) is 1. The second-order valence-electron chi connectivity index (χ2n) is 7.87. The number of hydrogen-bond acceptors (Lipinski definition) is 6. The van der Waals surface area contributed by atoms with Crippen LogP contribution in [-0.2, 0) is 16.1 Å². The molecule has 30 heavy (non-hydrogen) atoms. The van der Waals surface area contributed by atoms with Crippen molar-refractivity contribution in [3.8, 4) is 0 Å². The minimum atomic E-state index is -0.643. The monoisotopic (exact) mass is 447 g/mol. The van der Waals surface area contributed by atoms with Crippen molar-refractivity contribution in [2.45, 2.75) is 34.2 Å². The maximum absolute atomic E-state index is 14.0. The number of rotatable bonds is 6. The van der Waals surface area contributed by atoms with Gasteiger partial charge in [-0.1, -0.05) is 26.8 Å². The summed E-state index contributed by atoms with van der Waals surface area (Å²) in [6, 6.07) is 8.09. The van der Waals surface area contributed by atoms with Gasteiger partial charge in [-0.25, -0.2) is 9.18 Å². The summed E-state index contributed by atoms with van der Waals surface area (Å²) in [6.45, 7) is 7.08. The van der Waals surface area contributed by atoms with Gasteiger partial charge >= 0.3 is 5.97 Å². The van der Waals surface area contributed by atoms with Crippen molar-refractivity contribution in [3.05, 3.63) is 56.3 Å². The summed E-state index contributed by atoms with van der Waals surface area (Å²) < 4.78 is 19.9. The highest BCUT2D eigenvalue weighted by Crippen LogP contribution is 2.33. The van der Waals surface area contributed by atoms with E-state index < -0.39 is 18.0 Å². The van der Waals surface area contributed by atoms with E-state index in [0.717, 1.165) is 16.2 Å². The lowest BCUT2D eigenvalue weighted by molar-refractivity contribution is -0.128. The fourth-order valence-electron chi connectivity index (χ4n) is 2.77. The van der Waals surface area contributed by atoms with E-state index in [1.165, 1.54) is 17.4 Å². The van der Waals surface area contributed by atoms with Crippen LogP contribution in [0.15, 0.2) is 30.3 Å².